The number of carboxylic acid groups (broad SMARTS) is 2. The Balaban J connectivity index is 1.07. The van der Waals surface area contributed by atoms with Gasteiger partial charge in [-0.25, -0.2) is 9.59 Å². The Hall–Kier alpha value is -6.35. The van der Waals surface area contributed by atoms with Crippen LogP contribution < -0.4 is 10.1 Å². The zero-order chi connectivity index (χ0) is 35.6. The summed E-state index contributed by atoms with van der Waals surface area (Å²) in [5.74, 6) is -0.454. The molecule has 0 aliphatic rings. The molecule has 7 rings (SSSR count). The summed E-state index contributed by atoms with van der Waals surface area (Å²) in [6, 6.07) is 32.4. The van der Waals surface area contributed by atoms with Crippen LogP contribution in [-0.2, 0) is 12.8 Å². The van der Waals surface area contributed by atoms with Crippen LogP contribution >= 0.6 is 0 Å². The summed E-state index contributed by atoms with van der Waals surface area (Å²) < 4.78 is 7.34. The molecule has 0 aliphatic heterocycles. The second-order valence-electron chi connectivity index (χ2n) is 12.9. The van der Waals surface area contributed by atoms with Gasteiger partial charge in [0.05, 0.1) is 17.6 Å². The molecule has 0 radical (unpaired) electrons. The number of nitrogens with zero attached hydrogens (tertiary/aromatic N) is 1. The first-order valence-electron chi connectivity index (χ1n) is 16.9. The van der Waals surface area contributed by atoms with E-state index in [1.807, 2.05) is 98.8 Å². The topological polar surface area (TPSA) is 134 Å². The molecule has 51 heavy (non-hydrogen) atoms. The van der Waals surface area contributed by atoms with E-state index >= 15 is 0 Å². The first kappa shape index (κ1) is 33.2. The Kier molecular flexibility index (Phi) is 9.02. The van der Waals surface area contributed by atoms with Crippen molar-refractivity contribution in [2.45, 2.75) is 39.2 Å². The molecule has 0 saturated carbocycles. The number of ether oxygens (including phenoxy) is 1. The van der Waals surface area contributed by atoms with Crippen molar-refractivity contribution < 1.29 is 29.3 Å². The van der Waals surface area contributed by atoms with Crippen molar-refractivity contribution in [2.24, 2.45) is 0 Å². The molecule has 1 amide bonds. The Morgan fingerprint density at radius 3 is 2.35 bits per heavy atom. The van der Waals surface area contributed by atoms with Crippen LogP contribution in [0.1, 0.15) is 50.9 Å². The lowest BCUT2D eigenvalue weighted by atomic mass is 9.95. The largest absolute Gasteiger partial charge is 0.493 e. The van der Waals surface area contributed by atoms with Crippen LogP contribution in [0, 0.1) is 6.92 Å². The van der Waals surface area contributed by atoms with E-state index in [9.17, 15) is 24.6 Å². The van der Waals surface area contributed by atoms with Crippen molar-refractivity contribution in [2.75, 3.05) is 6.61 Å². The maximum absolute atomic E-state index is 13.3. The van der Waals surface area contributed by atoms with Crippen LogP contribution in [0.25, 0.3) is 43.7 Å². The van der Waals surface area contributed by atoms with Crippen LogP contribution in [-0.4, -0.2) is 50.4 Å². The highest BCUT2D eigenvalue weighted by molar-refractivity contribution is 6.04. The van der Waals surface area contributed by atoms with Crippen LogP contribution in [0.2, 0.25) is 0 Å². The van der Waals surface area contributed by atoms with Crippen molar-refractivity contribution in [1.29, 1.82) is 0 Å². The van der Waals surface area contributed by atoms with Crippen LogP contribution in [0.15, 0.2) is 109 Å². The van der Waals surface area contributed by atoms with E-state index in [2.05, 4.69) is 10.3 Å². The normalized spacial score (nSPS) is 12.0. The fourth-order valence-electron chi connectivity index (χ4n) is 7.06. The monoisotopic (exact) mass is 679 g/mol. The number of fused-ring (bicyclic) bond motifs is 3. The number of hydrogen-bond donors (Lipinski definition) is 4. The molecule has 0 unspecified atom stereocenters. The molecule has 0 bridgehead atoms. The summed E-state index contributed by atoms with van der Waals surface area (Å²) in [5.41, 5.74) is 6.16. The molecular formula is C42H37N3O6. The van der Waals surface area contributed by atoms with Crippen molar-refractivity contribution in [3.05, 3.63) is 137 Å². The standard InChI is InChI=1S/C42H37N3O6/c1-25-22-28(40(46)43-26(2)23-29-24-45(42(49)50)36-17-6-5-12-31(29)36)19-20-30(25)33-14-8-15-34-35(39(41(47)48)44-38(33)34)16-9-21-51-37-18-7-11-27-10-3-4-13-32(27)37/h3-8,10-15,17-20,22,24,26,44H,9,16,21,23H2,1-2H3,(H,43,46)(H,47,48)(H,49,50)/t26-/m1/s1. The molecule has 0 spiro atoms. The predicted molar refractivity (Wildman–Crippen MR) is 199 cm³/mol. The number of aromatic nitrogens is 2. The smallest absolute Gasteiger partial charge is 0.416 e. The summed E-state index contributed by atoms with van der Waals surface area (Å²) in [5, 5.41) is 26.6. The molecule has 1 atom stereocenters. The van der Waals surface area contributed by atoms with Crippen LogP contribution in [0.3, 0.4) is 0 Å². The van der Waals surface area contributed by atoms with Crippen molar-refractivity contribution in [3.8, 4) is 16.9 Å². The maximum atomic E-state index is 13.3. The van der Waals surface area contributed by atoms with Crippen LogP contribution in [0.5, 0.6) is 5.75 Å². The molecule has 4 N–H and O–H groups in total. The Labute approximate surface area is 294 Å². The van der Waals surface area contributed by atoms with Crippen molar-refractivity contribution in [1.82, 2.24) is 14.9 Å². The van der Waals surface area contributed by atoms with Gasteiger partial charge in [-0.05, 0) is 85.0 Å². The number of nitrogens with one attached hydrogen (secondary N) is 2. The van der Waals surface area contributed by atoms with Gasteiger partial charge in [-0.2, -0.15) is 0 Å². The number of carbonyl (C=O) groups excluding carboxylic acids is 1. The third-order valence-corrected chi connectivity index (χ3v) is 9.42. The number of hydrogen-bond acceptors (Lipinski definition) is 4. The Morgan fingerprint density at radius 1 is 0.843 bits per heavy atom. The molecule has 2 aromatic heterocycles. The summed E-state index contributed by atoms with van der Waals surface area (Å²) in [4.78, 5) is 40.7. The van der Waals surface area contributed by atoms with Crippen molar-refractivity contribution in [3.63, 3.8) is 0 Å². The number of H-pyrrole nitrogens is 1. The second-order valence-corrected chi connectivity index (χ2v) is 12.9. The molecule has 9 heteroatoms. The van der Waals surface area contributed by atoms with E-state index in [0.29, 0.717) is 36.9 Å². The maximum Gasteiger partial charge on any atom is 0.416 e. The lowest BCUT2D eigenvalue weighted by molar-refractivity contribution is 0.0689. The Bertz CT molecular complexity index is 2450. The number of rotatable bonds is 11. The number of amides is 1. The van der Waals surface area contributed by atoms with E-state index in [1.54, 1.807) is 24.4 Å². The number of benzene rings is 5. The average molecular weight is 680 g/mol. The summed E-state index contributed by atoms with van der Waals surface area (Å²) >= 11 is 0. The minimum absolute atomic E-state index is 0.164. The minimum Gasteiger partial charge on any atom is -0.493 e. The predicted octanol–water partition coefficient (Wildman–Crippen LogP) is 8.85. The number of carbonyl (C=O) groups is 3. The summed E-state index contributed by atoms with van der Waals surface area (Å²) in [6.07, 6.45) is 2.16. The fraction of sp³-hybridized carbons (Fsp3) is 0.167. The fourth-order valence-corrected chi connectivity index (χ4v) is 7.06. The van der Waals surface area contributed by atoms with Gasteiger partial charge in [0.25, 0.3) is 5.91 Å². The molecule has 2 heterocycles. The zero-order valence-corrected chi connectivity index (χ0v) is 28.3. The number of aryl methyl sites for hydroxylation is 2. The molecular weight excluding hydrogens is 642 g/mol. The third-order valence-electron chi connectivity index (χ3n) is 9.42. The average Bonchev–Trinajstić information content (AvgIpc) is 3.69. The molecule has 0 fully saturated rings. The van der Waals surface area contributed by atoms with Gasteiger partial charge in [0, 0.05) is 39.5 Å². The molecule has 256 valence electrons. The van der Waals surface area contributed by atoms with E-state index in [0.717, 1.165) is 60.6 Å². The van der Waals surface area contributed by atoms with Gasteiger partial charge in [-0.15, -0.1) is 0 Å². The highest BCUT2D eigenvalue weighted by Gasteiger charge is 2.21. The summed E-state index contributed by atoms with van der Waals surface area (Å²) in [6.45, 7) is 4.26. The Morgan fingerprint density at radius 2 is 1.57 bits per heavy atom. The van der Waals surface area contributed by atoms with Gasteiger partial charge < -0.3 is 25.3 Å². The summed E-state index contributed by atoms with van der Waals surface area (Å²) in [7, 11) is 0. The van der Waals surface area contributed by atoms with Gasteiger partial charge in [0.1, 0.15) is 11.4 Å². The first-order chi connectivity index (χ1) is 24.7. The highest BCUT2D eigenvalue weighted by atomic mass is 16.5. The van der Waals surface area contributed by atoms with Gasteiger partial charge in [0.2, 0.25) is 0 Å². The van der Waals surface area contributed by atoms with E-state index in [1.165, 1.54) is 4.57 Å². The van der Waals surface area contributed by atoms with E-state index in [4.69, 9.17) is 4.74 Å². The highest BCUT2D eigenvalue weighted by Crippen LogP contribution is 2.35. The van der Waals surface area contributed by atoms with Gasteiger partial charge in [-0.1, -0.05) is 78.9 Å². The third kappa shape index (κ3) is 6.53. The van der Waals surface area contributed by atoms with Gasteiger partial charge in [-0.3, -0.25) is 9.36 Å². The van der Waals surface area contributed by atoms with Crippen molar-refractivity contribution >= 4 is 50.5 Å². The number of para-hydroxylation sites is 2. The first-order valence-corrected chi connectivity index (χ1v) is 16.9. The van der Waals surface area contributed by atoms with Gasteiger partial charge >= 0.3 is 12.1 Å². The SMILES string of the molecule is Cc1cc(C(=O)N[C@H](C)Cc2cn(C(=O)O)c3ccccc23)ccc1-c1cccc2c(CCCOc3cccc4ccccc34)c(C(=O)O)[nH]c12. The van der Waals surface area contributed by atoms with Gasteiger partial charge in [0.15, 0.2) is 0 Å². The molecule has 0 aliphatic carbocycles. The quantitative estimate of drug-likeness (QED) is 0.101. The second kappa shape index (κ2) is 13.9. The number of carboxylic acids is 1. The minimum atomic E-state index is -1.06. The lowest BCUT2D eigenvalue weighted by Crippen LogP contribution is -2.34. The molecule has 0 saturated heterocycles. The van der Waals surface area contributed by atoms with E-state index < -0.39 is 12.1 Å². The van der Waals surface area contributed by atoms with E-state index in [-0.39, 0.29) is 17.6 Å². The lowest BCUT2D eigenvalue weighted by Gasteiger charge is -2.15. The molecule has 5 aromatic carbocycles. The number of aromatic amines is 1. The number of aromatic carboxylic acids is 1. The van der Waals surface area contributed by atoms with Crippen LogP contribution in [0.4, 0.5) is 4.79 Å². The molecule has 7 aromatic rings. The zero-order valence-electron chi connectivity index (χ0n) is 28.3. The molecule has 9 nitrogen and oxygen atoms in total.